The van der Waals surface area contributed by atoms with Crippen LogP contribution in [0.25, 0.3) is 0 Å². The number of nitrogens with one attached hydrogen (secondary N) is 1. The Bertz CT molecular complexity index is 538. The lowest BCUT2D eigenvalue weighted by molar-refractivity contribution is -0.153. The van der Waals surface area contributed by atoms with Crippen LogP contribution in [0.5, 0.6) is 0 Å². The first-order valence-electron chi connectivity index (χ1n) is 6.97. The molecular weight excluding hydrogens is 256 g/mol. The average Bonchev–Trinajstić information content (AvgIpc) is 2.99. The number of aliphatic carboxylic acids is 1. The first-order chi connectivity index (χ1) is 9.66. The number of amides is 1. The molecule has 5 heteroatoms. The Balaban J connectivity index is 1.88. The van der Waals surface area contributed by atoms with E-state index in [0.29, 0.717) is 19.5 Å². The zero-order valence-corrected chi connectivity index (χ0v) is 11.2. The molecule has 1 fully saturated rings. The van der Waals surface area contributed by atoms with Gasteiger partial charge in [0.2, 0.25) is 5.91 Å². The molecule has 106 valence electrons. The van der Waals surface area contributed by atoms with Crippen LogP contribution in [-0.4, -0.2) is 41.0 Å². The van der Waals surface area contributed by atoms with Crippen LogP contribution in [0, 0.1) is 5.92 Å². The summed E-state index contributed by atoms with van der Waals surface area (Å²) >= 11 is 0. The molecule has 1 unspecified atom stereocenters. The summed E-state index contributed by atoms with van der Waals surface area (Å²) in [4.78, 5) is 25.6. The van der Waals surface area contributed by atoms with Crippen LogP contribution in [0.2, 0.25) is 0 Å². The van der Waals surface area contributed by atoms with Gasteiger partial charge in [0.15, 0.2) is 0 Å². The molecule has 1 amide bonds. The van der Waals surface area contributed by atoms with Gasteiger partial charge in [0.1, 0.15) is 6.04 Å². The monoisotopic (exact) mass is 274 g/mol. The van der Waals surface area contributed by atoms with Crippen LogP contribution in [0.4, 0.5) is 0 Å². The zero-order chi connectivity index (χ0) is 14.1. The summed E-state index contributed by atoms with van der Waals surface area (Å²) in [5, 5.41) is 12.6. The second-order valence-corrected chi connectivity index (χ2v) is 5.48. The summed E-state index contributed by atoms with van der Waals surface area (Å²) in [5.41, 5.74) is 2.10. The Labute approximate surface area is 117 Å². The van der Waals surface area contributed by atoms with Crippen molar-refractivity contribution >= 4 is 11.9 Å². The summed E-state index contributed by atoms with van der Waals surface area (Å²) in [7, 11) is 0. The van der Waals surface area contributed by atoms with Gasteiger partial charge in [-0.3, -0.25) is 4.79 Å². The Hall–Kier alpha value is -1.88. The van der Waals surface area contributed by atoms with Crippen LogP contribution in [0.15, 0.2) is 24.3 Å². The number of carboxylic acid groups (broad SMARTS) is 1. The highest BCUT2D eigenvalue weighted by atomic mass is 16.4. The van der Waals surface area contributed by atoms with Gasteiger partial charge in [-0.05, 0) is 24.1 Å². The van der Waals surface area contributed by atoms with Crippen LogP contribution in [-0.2, 0) is 22.6 Å². The summed E-state index contributed by atoms with van der Waals surface area (Å²) in [6.45, 7) is 1.89. The number of rotatable bonds is 2. The maximum Gasteiger partial charge on any atom is 0.326 e. The molecule has 20 heavy (non-hydrogen) atoms. The lowest BCUT2D eigenvalue weighted by Crippen LogP contribution is -2.50. The van der Waals surface area contributed by atoms with Gasteiger partial charge in [-0.15, -0.1) is 0 Å². The van der Waals surface area contributed by atoms with Crippen LogP contribution < -0.4 is 5.32 Å². The Morgan fingerprint density at radius 2 is 2.00 bits per heavy atom. The van der Waals surface area contributed by atoms with Crippen LogP contribution in [0.3, 0.4) is 0 Å². The highest BCUT2D eigenvalue weighted by Crippen LogP contribution is 2.26. The van der Waals surface area contributed by atoms with E-state index < -0.39 is 12.0 Å². The average molecular weight is 274 g/mol. The second kappa shape index (κ2) is 5.25. The minimum Gasteiger partial charge on any atom is -0.480 e. The predicted molar refractivity (Wildman–Crippen MR) is 73.1 cm³/mol. The van der Waals surface area contributed by atoms with Gasteiger partial charge in [-0.2, -0.15) is 0 Å². The Morgan fingerprint density at radius 3 is 2.65 bits per heavy atom. The summed E-state index contributed by atoms with van der Waals surface area (Å²) in [6.07, 6.45) is 1.20. The zero-order valence-electron chi connectivity index (χ0n) is 11.2. The van der Waals surface area contributed by atoms with E-state index in [9.17, 15) is 14.7 Å². The predicted octanol–water partition coefficient (Wildman–Crippen LogP) is 0.634. The second-order valence-electron chi connectivity index (χ2n) is 5.48. The molecule has 1 aromatic rings. The van der Waals surface area contributed by atoms with E-state index in [1.807, 2.05) is 24.3 Å². The minimum atomic E-state index is -0.918. The molecular formula is C15H18N2O3. The van der Waals surface area contributed by atoms with E-state index in [1.165, 1.54) is 0 Å². The lowest BCUT2D eigenvalue weighted by atomic mass is 9.92. The van der Waals surface area contributed by atoms with Gasteiger partial charge in [0.05, 0.1) is 5.92 Å². The Morgan fingerprint density at radius 1 is 1.25 bits per heavy atom. The molecule has 2 heterocycles. The number of nitrogens with zero attached hydrogens (tertiary/aromatic N) is 1. The van der Waals surface area contributed by atoms with Crippen LogP contribution >= 0.6 is 0 Å². The van der Waals surface area contributed by atoms with E-state index in [4.69, 9.17) is 0 Å². The molecule has 0 radical (unpaired) electrons. The van der Waals surface area contributed by atoms with Gasteiger partial charge >= 0.3 is 5.97 Å². The first kappa shape index (κ1) is 13.1. The smallest absolute Gasteiger partial charge is 0.326 e. The molecule has 5 nitrogen and oxygen atoms in total. The number of fused-ring (bicyclic) bond motifs is 1. The fourth-order valence-corrected chi connectivity index (χ4v) is 3.08. The standard InChI is InChI=1S/C15H18N2O3/c18-14(11-5-6-16-8-11)17-9-12-4-2-1-3-10(12)7-13(17)15(19)20/h1-4,11,13,16H,5-9H2,(H,19,20)/t11?,13-/m1/s1. The van der Waals surface area contributed by atoms with Crippen LogP contribution in [0.1, 0.15) is 17.5 Å². The SMILES string of the molecule is O=C(O)[C@H]1Cc2ccccc2CN1C(=O)C1CCNC1. The topological polar surface area (TPSA) is 69.6 Å². The summed E-state index contributed by atoms with van der Waals surface area (Å²) in [5.74, 6) is -1.03. The van der Waals surface area contributed by atoms with E-state index in [2.05, 4.69) is 5.32 Å². The molecule has 0 spiro atoms. The molecule has 3 rings (SSSR count). The van der Waals surface area contributed by atoms with Gasteiger partial charge in [0.25, 0.3) is 0 Å². The maximum atomic E-state index is 12.5. The molecule has 0 bridgehead atoms. The van der Waals surface area contributed by atoms with Crippen molar-refractivity contribution in [2.45, 2.75) is 25.4 Å². The number of carbonyl (C=O) groups is 2. The van der Waals surface area contributed by atoms with E-state index in [-0.39, 0.29) is 11.8 Å². The quantitative estimate of drug-likeness (QED) is 0.830. The molecule has 1 saturated heterocycles. The van der Waals surface area contributed by atoms with Gasteiger partial charge < -0.3 is 15.3 Å². The van der Waals surface area contributed by atoms with Gasteiger partial charge in [0, 0.05) is 19.5 Å². The third-order valence-electron chi connectivity index (χ3n) is 4.23. The van der Waals surface area contributed by atoms with Crippen molar-refractivity contribution in [3.8, 4) is 0 Å². The van der Waals surface area contributed by atoms with Gasteiger partial charge in [-0.1, -0.05) is 24.3 Å². The molecule has 2 aliphatic rings. The maximum absolute atomic E-state index is 12.5. The van der Waals surface area contributed by atoms with Gasteiger partial charge in [-0.25, -0.2) is 4.79 Å². The van der Waals surface area contributed by atoms with Crippen molar-refractivity contribution in [3.05, 3.63) is 35.4 Å². The summed E-state index contributed by atoms with van der Waals surface area (Å²) < 4.78 is 0. The number of hydrogen-bond donors (Lipinski definition) is 2. The van der Waals surface area contributed by atoms with Crippen molar-refractivity contribution in [2.24, 2.45) is 5.92 Å². The van der Waals surface area contributed by atoms with E-state index in [0.717, 1.165) is 24.1 Å². The third kappa shape index (κ3) is 2.29. The number of carboxylic acids is 1. The molecule has 0 aromatic heterocycles. The normalized spacial score (nSPS) is 25.3. The Kier molecular flexibility index (Phi) is 3.44. The largest absolute Gasteiger partial charge is 0.480 e. The minimum absolute atomic E-state index is 0.0306. The number of hydrogen-bond acceptors (Lipinski definition) is 3. The van der Waals surface area contributed by atoms with Crippen molar-refractivity contribution in [1.82, 2.24) is 10.2 Å². The molecule has 0 aliphatic carbocycles. The van der Waals surface area contributed by atoms with Crippen molar-refractivity contribution < 1.29 is 14.7 Å². The molecule has 0 saturated carbocycles. The highest BCUT2D eigenvalue weighted by molar-refractivity contribution is 5.86. The summed E-state index contributed by atoms with van der Waals surface area (Å²) in [6, 6.07) is 7.03. The highest BCUT2D eigenvalue weighted by Gasteiger charge is 2.37. The number of benzene rings is 1. The number of carbonyl (C=O) groups excluding carboxylic acids is 1. The first-order valence-corrected chi connectivity index (χ1v) is 6.97. The molecule has 1 aromatic carbocycles. The van der Waals surface area contributed by atoms with Crippen molar-refractivity contribution in [3.63, 3.8) is 0 Å². The van der Waals surface area contributed by atoms with E-state index >= 15 is 0 Å². The molecule has 2 aliphatic heterocycles. The van der Waals surface area contributed by atoms with E-state index in [1.54, 1.807) is 4.90 Å². The fourth-order valence-electron chi connectivity index (χ4n) is 3.08. The molecule has 2 atom stereocenters. The molecule has 2 N–H and O–H groups in total. The van der Waals surface area contributed by atoms with Crippen molar-refractivity contribution in [1.29, 1.82) is 0 Å². The third-order valence-corrected chi connectivity index (χ3v) is 4.23. The fraction of sp³-hybridized carbons (Fsp3) is 0.467. The van der Waals surface area contributed by atoms with Crippen molar-refractivity contribution in [2.75, 3.05) is 13.1 Å². The lowest BCUT2D eigenvalue weighted by Gasteiger charge is -2.35.